The highest BCUT2D eigenvalue weighted by molar-refractivity contribution is 7.12. The summed E-state index contributed by atoms with van der Waals surface area (Å²) >= 11 is 2.97. The van der Waals surface area contributed by atoms with Crippen LogP contribution in [0.15, 0.2) is 58.3 Å². The molecule has 1 aromatic carbocycles. The van der Waals surface area contributed by atoms with Gasteiger partial charge in [0.05, 0.1) is 28.6 Å². The summed E-state index contributed by atoms with van der Waals surface area (Å²) in [4.78, 5) is 14.6. The number of ether oxygens (including phenoxy) is 1. The smallest absolute Gasteiger partial charge is 0.284 e. The van der Waals surface area contributed by atoms with Crippen molar-refractivity contribution in [3.8, 4) is 11.5 Å². The van der Waals surface area contributed by atoms with E-state index in [2.05, 4.69) is 5.10 Å². The number of para-hydroxylation sites is 1. The molecule has 5 nitrogen and oxygen atoms in total. The van der Waals surface area contributed by atoms with Crippen LogP contribution >= 0.6 is 22.7 Å². The standard InChI is InChI=1S/C19H16N2O3S2/c1-24-15-6-2-5-12(18(15)22)14-11-13(16-7-3-9-25-16)20-21(14)19(23)17-8-4-10-26-17/h2-10,14,22H,11H2,1H3/t14-/m0/s1. The summed E-state index contributed by atoms with van der Waals surface area (Å²) in [6.07, 6.45) is 0.540. The van der Waals surface area contributed by atoms with Crippen LogP contribution in [0.4, 0.5) is 0 Å². The third-order valence-corrected chi connectivity index (χ3v) is 6.04. The molecule has 3 aromatic rings. The van der Waals surface area contributed by atoms with Crippen LogP contribution in [0.1, 0.15) is 32.6 Å². The molecule has 1 amide bonds. The van der Waals surface area contributed by atoms with Crippen LogP contribution in [-0.2, 0) is 0 Å². The molecule has 132 valence electrons. The number of hydrazone groups is 1. The Morgan fingerprint density at radius 2 is 2.00 bits per heavy atom. The van der Waals surface area contributed by atoms with Gasteiger partial charge in [-0.05, 0) is 29.0 Å². The molecule has 1 atom stereocenters. The van der Waals surface area contributed by atoms with Crippen LogP contribution in [0.5, 0.6) is 11.5 Å². The Morgan fingerprint density at radius 3 is 2.69 bits per heavy atom. The molecule has 26 heavy (non-hydrogen) atoms. The van der Waals surface area contributed by atoms with Gasteiger partial charge >= 0.3 is 0 Å². The molecule has 0 fully saturated rings. The molecule has 1 N–H and O–H groups in total. The maximum Gasteiger partial charge on any atom is 0.284 e. The van der Waals surface area contributed by atoms with Crippen LogP contribution < -0.4 is 4.74 Å². The number of aromatic hydroxyl groups is 1. The van der Waals surface area contributed by atoms with Gasteiger partial charge in [0.15, 0.2) is 11.5 Å². The van der Waals surface area contributed by atoms with Gasteiger partial charge in [-0.3, -0.25) is 4.79 Å². The van der Waals surface area contributed by atoms with Gasteiger partial charge in [0, 0.05) is 12.0 Å². The Balaban J connectivity index is 1.76. The van der Waals surface area contributed by atoms with Crippen molar-refractivity contribution in [3.63, 3.8) is 0 Å². The molecule has 0 aliphatic carbocycles. The van der Waals surface area contributed by atoms with Gasteiger partial charge in [-0.1, -0.05) is 24.3 Å². The molecule has 0 spiro atoms. The van der Waals surface area contributed by atoms with Crippen molar-refractivity contribution in [1.29, 1.82) is 0 Å². The second-order valence-corrected chi connectivity index (χ2v) is 7.66. The van der Waals surface area contributed by atoms with Crippen LogP contribution in [-0.4, -0.2) is 28.8 Å². The summed E-state index contributed by atoms with van der Waals surface area (Å²) in [6.45, 7) is 0. The lowest BCUT2D eigenvalue weighted by molar-refractivity contribution is 0.0714. The molecular formula is C19H16N2O3S2. The van der Waals surface area contributed by atoms with Crippen molar-refractivity contribution in [3.05, 3.63) is 68.5 Å². The van der Waals surface area contributed by atoms with E-state index in [-0.39, 0.29) is 17.7 Å². The Morgan fingerprint density at radius 1 is 1.19 bits per heavy atom. The number of nitrogens with zero attached hydrogens (tertiary/aromatic N) is 2. The lowest BCUT2D eigenvalue weighted by Gasteiger charge is -2.22. The molecule has 0 saturated heterocycles. The SMILES string of the molecule is COc1cccc([C@@H]2CC(c3cccs3)=NN2C(=O)c2cccs2)c1O. The number of benzene rings is 1. The summed E-state index contributed by atoms with van der Waals surface area (Å²) in [5.74, 6) is 0.265. The largest absolute Gasteiger partial charge is 0.504 e. The zero-order valence-electron chi connectivity index (χ0n) is 14.0. The zero-order chi connectivity index (χ0) is 18.1. The highest BCUT2D eigenvalue weighted by Crippen LogP contribution is 2.42. The Hall–Kier alpha value is -2.64. The fourth-order valence-electron chi connectivity index (χ4n) is 3.02. The van der Waals surface area contributed by atoms with E-state index in [0.29, 0.717) is 22.6 Å². The van der Waals surface area contributed by atoms with E-state index < -0.39 is 0 Å². The van der Waals surface area contributed by atoms with Gasteiger partial charge in [-0.2, -0.15) is 5.10 Å². The molecule has 7 heteroatoms. The summed E-state index contributed by atoms with van der Waals surface area (Å²) in [5, 5.41) is 20.5. The zero-order valence-corrected chi connectivity index (χ0v) is 15.6. The Kier molecular flexibility index (Phi) is 4.48. The number of rotatable bonds is 4. The van der Waals surface area contributed by atoms with E-state index in [1.807, 2.05) is 41.1 Å². The first kappa shape index (κ1) is 16.8. The van der Waals surface area contributed by atoms with Crippen molar-refractivity contribution >= 4 is 34.3 Å². The predicted molar refractivity (Wildman–Crippen MR) is 103 cm³/mol. The van der Waals surface area contributed by atoms with E-state index in [0.717, 1.165) is 10.6 Å². The number of hydrogen-bond acceptors (Lipinski definition) is 6. The second kappa shape index (κ2) is 6.93. The summed E-state index contributed by atoms with van der Waals surface area (Å²) in [7, 11) is 1.51. The molecule has 0 saturated carbocycles. The molecule has 0 unspecified atom stereocenters. The van der Waals surface area contributed by atoms with Gasteiger partial charge in [-0.15, -0.1) is 22.7 Å². The normalized spacial score (nSPS) is 16.6. The van der Waals surface area contributed by atoms with Gasteiger partial charge < -0.3 is 9.84 Å². The minimum atomic E-state index is -0.378. The van der Waals surface area contributed by atoms with Gasteiger partial charge in [0.1, 0.15) is 0 Å². The number of phenolic OH excluding ortho intramolecular Hbond substituents is 1. The second-order valence-electron chi connectivity index (χ2n) is 5.77. The average Bonchev–Trinajstić information content (AvgIpc) is 3.42. The van der Waals surface area contributed by atoms with E-state index in [9.17, 15) is 9.90 Å². The fraction of sp³-hybridized carbons (Fsp3) is 0.158. The number of amides is 1. The van der Waals surface area contributed by atoms with Crippen LogP contribution in [0.25, 0.3) is 0 Å². The average molecular weight is 384 g/mol. The third-order valence-electron chi connectivity index (χ3n) is 4.27. The topological polar surface area (TPSA) is 62.1 Å². The number of hydrogen-bond donors (Lipinski definition) is 1. The molecule has 1 aliphatic rings. The first-order chi connectivity index (χ1) is 12.7. The fourth-order valence-corrected chi connectivity index (χ4v) is 4.39. The van der Waals surface area contributed by atoms with Crippen molar-refractivity contribution < 1.29 is 14.6 Å². The monoisotopic (exact) mass is 384 g/mol. The molecule has 0 bridgehead atoms. The third kappa shape index (κ3) is 2.89. The van der Waals surface area contributed by atoms with Gasteiger partial charge in [-0.25, -0.2) is 5.01 Å². The van der Waals surface area contributed by atoms with Crippen molar-refractivity contribution in [2.75, 3.05) is 7.11 Å². The Labute approximate surface area is 158 Å². The van der Waals surface area contributed by atoms with E-state index >= 15 is 0 Å². The number of carbonyl (C=O) groups is 1. The van der Waals surface area contributed by atoms with Crippen LogP contribution in [0.3, 0.4) is 0 Å². The highest BCUT2D eigenvalue weighted by Gasteiger charge is 2.36. The molecule has 1 aliphatic heterocycles. The molecule has 4 rings (SSSR count). The summed E-state index contributed by atoms with van der Waals surface area (Å²) in [6, 6.07) is 12.5. The highest BCUT2D eigenvalue weighted by atomic mass is 32.1. The van der Waals surface area contributed by atoms with E-state index in [1.54, 1.807) is 23.5 Å². The van der Waals surface area contributed by atoms with Crippen molar-refractivity contribution in [2.45, 2.75) is 12.5 Å². The maximum absolute atomic E-state index is 13.0. The van der Waals surface area contributed by atoms with E-state index in [4.69, 9.17) is 4.74 Å². The molecule has 2 aromatic heterocycles. The summed E-state index contributed by atoms with van der Waals surface area (Å²) in [5.41, 5.74) is 1.47. The number of phenols is 1. The van der Waals surface area contributed by atoms with Crippen LogP contribution in [0.2, 0.25) is 0 Å². The van der Waals surface area contributed by atoms with Gasteiger partial charge in [0.2, 0.25) is 0 Å². The molecular weight excluding hydrogens is 368 g/mol. The van der Waals surface area contributed by atoms with Crippen LogP contribution in [0, 0.1) is 0 Å². The van der Waals surface area contributed by atoms with Crippen molar-refractivity contribution in [2.24, 2.45) is 5.10 Å². The lowest BCUT2D eigenvalue weighted by atomic mass is 9.99. The minimum Gasteiger partial charge on any atom is -0.504 e. The number of thiophene rings is 2. The van der Waals surface area contributed by atoms with E-state index in [1.165, 1.54) is 23.5 Å². The maximum atomic E-state index is 13.0. The van der Waals surface area contributed by atoms with Crippen molar-refractivity contribution in [1.82, 2.24) is 5.01 Å². The first-order valence-corrected chi connectivity index (χ1v) is 9.79. The molecule has 3 heterocycles. The predicted octanol–water partition coefficient (Wildman–Crippen LogP) is 4.52. The summed E-state index contributed by atoms with van der Waals surface area (Å²) < 4.78 is 5.23. The quantitative estimate of drug-likeness (QED) is 0.720. The Bertz CT molecular complexity index is 949. The lowest BCUT2D eigenvalue weighted by Crippen LogP contribution is -2.26. The number of methoxy groups -OCH3 is 1. The molecule has 0 radical (unpaired) electrons. The minimum absolute atomic E-state index is 0.0478. The number of carbonyl (C=O) groups excluding carboxylic acids is 1. The first-order valence-electron chi connectivity index (χ1n) is 8.03. The van der Waals surface area contributed by atoms with Gasteiger partial charge in [0.25, 0.3) is 5.91 Å².